The van der Waals surface area contributed by atoms with Gasteiger partial charge in [-0.15, -0.1) is 11.3 Å². The van der Waals surface area contributed by atoms with Crippen molar-refractivity contribution in [2.24, 2.45) is 0 Å². The normalized spacial score (nSPS) is 20.1. The van der Waals surface area contributed by atoms with E-state index in [4.69, 9.17) is 5.11 Å². The summed E-state index contributed by atoms with van der Waals surface area (Å²) in [6.07, 6.45) is 3.77. The number of hydrogen-bond acceptors (Lipinski definition) is 6. The monoisotopic (exact) mass is 346 g/mol. The van der Waals surface area contributed by atoms with Crippen molar-refractivity contribution in [2.75, 3.05) is 13.1 Å². The van der Waals surface area contributed by atoms with Crippen molar-refractivity contribution in [3.05, 3.63) is 35.5 Å². The summed E-state index contributed by atoms with van der Waals surface area (Å²) in [4.78, 5) is 21.8. The van der Waals surface area contributed by atoms with Crippen LogP contribution in [0, 0.1) is 0 Å². The zero-order valence-electron chi connectivity index (χ0n) is 13.7. The molecule has 0 atom stereocenters. The highest BCUT2D eigenvalue weighted by Crippen LogP contribution is 2.26. The molecule has 0 spiro atoms. The van der Waals surface area contributed by atoms with Crippen molar-refractivity contribution in [1.29, 1.82) is 0 Å². The first-order valence-electron chi connectivity index (χ1n) is 8.20. The highest BCUT2D eigenvalue weighted by Gasteiger charge is 2.33. The summed E-state index contributed by atoms with van der Waals surface area (Å²) in [5.41, 5.74) is 1.94. The third kappa shape index (κ3) is 4.17. The average Bonchev–Trinajstić information content (AvgIpc) is 3.01. The van der Waals surface area contributed by atoms with Gasteiger partial charge in [-0.3, -0.25) is 14.7 Å². The van der Waals surface area contributed by atoms with Crippen LogP contribution in [0.15, 0.2) is 29.8 Å². The van der Waals surface area contributed by atoms with Crippen LogP contribution in [0.5, 0.6) is 0 Å². The molecule has 0 aliphatic heterocycles. The first-order valence-corrected chi connectivity index (χ1v) is 9.08. The van der Waals surface area contributed by atoms with Crippen LogP contribution in [0.1, 0.15) is 25.5 Å². The smallest absolute Gasteiger partial charge is 0.317 e. The number of nitrogens with one attached hydrogen (secondary N) is 1. The lowest BCUT2D eigenvalue weighted by atomic mass is 9.85. The number of hydrogen-bond donors (Lipinski definition) is 2. The van der Waals surface area contributed by atoms with Crippen molar-refractivity contribution >= 4 is 17.3 Å². The van der Waals surface area contributed by atoms with Crippen LogP contribution < -0.4 is 5.32 Å². The van der Waals surface area contributed by atoms with Gasteiger partial charge in [-0.05, 0) is 31.5 Å². The summed E-state index contributed by atoms with van der Waals surface area (Å²) < 4.78 is 0. The van der Waals surface area contributed by atoms with Gasteiger partial charge in [-0.2, -0.15) is 0 Å². The lowest BCUT2D eigenvalue weighted by molar-refractivity contribution is -0.139. The molecule has 24 heavy (non-hydrogen) atoms. The minimum Gasteiger partial charge on any atom is -0.480 e. The van der Waals surface area contributed by atoms with Gasteiger partial charge in [0.25, 0.3) is 0 Å². The molecular formula is C17H22N4O2S. The Bertz CT molecular complexity index is 670. The van der Waals surface area contributed by atoms with E-state index in [-0.39, 0.29) is 6.54 Å². The number of carboxylic acid groups (broad SMARTS) is 1. The molecule has 1 fully saturated rings. The number of carbonyl (C=O) groups is 1. The largest absolute Gasteiger partial charge is 0.480 e. The summed E-state index contributed by atoms with van der Waals surface area (Å²) >= 11 is 1.61. The Kier molecular flexibility index (Phi) is 5.55. The second-order valence-electron chi connectivity index (χ2n) is 6.02. The zero-order chi connectivity index (χ0) is 16.9. The van der Waals surface area contributed by atoms with E-state index in [0.717, 1.165) is 42.3 Å². The molecule has 2 aromatic heterocycles. The molecular weight excluding hydrogens is 324 g/mol. The fourth-order valence-corrected chi connectivity index (χ4v) is 3.76. The molecule has 6 nitrogen and oxygen atoms in total. The van der Waals surface area contributed by atoms with E-state index < -0.39 is 5.97 Å². The van der Waals surface area contributed by atoms with Gasteiger partial charge in [-0.25, -0.2) is 4.98 Å². The van der Waals surface area contributed by atoms with Crippen LogP contribution in [0.3, 0.4) is 0 Å². The fourth-order valence-electron chi connectivity index (χ4n) is 2.97. The summed E-state index contributed by atoms with van der Waals surface area (Å²) in [6.45, 7) is 3.67. The predicted octanol–water partition coefficient (Wildman–Crippen LogP) is 2.23. The first kappa shape index (κ1) is 17.0. The second-order valence-corrected chi connectivity index (χ2v) is 6.88. The molecule has 2 aromatic rings. The molecule has 0 amide bonds. The molecule has 0 unspecified atom stereocenters. The number of nitrogens with zero attached hydrogens (tertiary/aromatic N) is 3. The standard InChI is InChI=1S/C17H22N4O2S/c1-2-21(10-16(22)23)14-7-12(8-14)19-9-13-11-24-17(20-13)15-5-3-4-6-18-15/h3-6,11-12,14,19H,2,7-10H2,1H3,(H,22,23). The Balaban J connectivity index is 1.45. The Hall–Kier alpha value is -1.83. The van der Waals surface area contributed by atoms with Crippen molar-refractivity contribution in [1.82, 2.24) is 20.2 Å². The van der Waals surface area contributed by atoms with E-state index in [1.54, 1.807) is 17.5 Å². The quantitative estimate of drug-likeness (QED) is 0.763. The molecule has 1 aliphatic carbocycles. The Morgan fingerprint density at radius 2 is 2.29 bits per heavy atom. The Morgan fingerprint density at radius 1 is 1.46 bits per heavy atom. The molecule has 0 radical (unpaired) electrons. The fraction of sp³-hybridized carbons (Fsp3) is 0.471. The van der Waals surface area contributed by atoms with E-state index in [1.807, 2.05) is 30.0 Å². The van der Waals surface area contributed by atoms with Gasteiger partial charge in [0.2, 0.25) is 0 Å². The van der Waals surface area contributed by atoms with Crippen molar-refractivity contribution in [2.45, 2.75) is 38.4 Å². The minimum absolute atomic E-state index is 0.132. The summed E-state index contributed by atoms with van der Waals surface area (Å²) in [5, 5.41) is 15.4. The van der Waals surface area contributed by atoms with E-state index in [0.29, 0.717) is 12.1 Å². The van der Waals surface area contributed by atoms with Crippen molar-refractivity contribution in [3.8, 4) is 10.7 Å². The van der Waals surface area contributed by atoms with Crippen LogP contribution >= 0.6 is 11.3 Å². The zero-order valence-corrected chi connectivity index (χ0v) is 14.5. The van der Waals surface area contributed by atoms with Gasteiger partial charge in [0.15, 0.2) is 0 Å². The lowest BCUT2D eigenvalue weighted by Crippen LogP contribution is -2.53. The van der Waals surface area contributed by atoms with Crippen LogP contribution in [0.4, 0.5) is 0 Å². The maximum Gasteiger partial charge on any atom is 0.317 e. The van der Waals surface area contributed by atoms with Gasteiger partial charge in [-0.1, -0.05) is 13.0 Å². The lowest BCUT2D eigenvalue weighted by Gasteiger charge is -2.42. The number of thiazole rings is 1. The summed E-state index contributed by atoms with van der Waals surface area (Å²) in [7, 11) is 0. The Morgan fingerprint density at radius 3 is 2.96 bits per heavy atom. The van der Waals surface area contributed by atoms with Crippen molar-refractivity contribution < 1.29 is 9.90 Å². The predicted molar refractivity (Wildman–Crippen MR) is 93.9 cm³/mol. The molecule has 1 aliphatic rings. The van der Waals surface area contributed by atoms with Crippen LogP contribution in [-0.4, -0.2) is 51.1 Å². The average molecular weight is 346 g/mol. The molecule has 7 heteroatoms. The van der Waals surface area contributed by atoms with Crippen LogP contribution in [-0.2, 0) is 11.3 Å². The van der Waals surface area contributed by atoms with E-state index in [2.05, 4.69) is 20.7 Å². The molecule has 1 saturated carbocycles. The third-order valence-corrected chi connectivity index (χ3v) is 5.30. The number of pyridine rings is 1. The van der Waals surface area contributed by atoms with E-state index in [9.17, 15) is 4.79 Å². The van der Waals surface area contributed by atoms with E-state index in [1.165, 1.54) is 0 Å². The van der Waals surface area contributed by atoms with Gasteiger partial charge in [0, 0.05) is 30.2 Å². The molecule has 3 rings (SSSR count). The maximum absolute atomic E-state index is 10.9. The van der Waals surface area contributed by atoms with E-state index >= 15 is 0 Å². The van der Waals surface area contributed by atoms with Gasteiger partial charge in [0.1, 0.15) is 5.01 Å². The van der Waals surface area contributed by atoms with Crippen LogP contribution in [0.2, 0.25) is 0 Å². The van der Waals surface area contributed by atoms with Crippen molar-refractivity contribution in [3.63, 3.8) is 0 Å². The number of carboxylic acids is 1. The van der Waals surface area contributed by atoms with Gasteiger partial charge < -0.3 is 10.4 Å². The summed E-state index contributed by atoms with van der Waals surface area (Å²) in [5.74, 6) is -0.752. The number of aromatic nitrogens is 2. The first-order chi connectivity index (χ1) is 11.7. The minimum atomic E-state index is -0.752. The molecule has 0 aromatic carbocycles. The molecule has 2 N–H and O–H groups in total. The maximum atomic E-state index is 10.9. The van der Waals surface area contributed by atoms with Crippen LogP contribution in [0.25, 0.3) is 10.7 Å². The SMILES string of the molecule is CCN(CC(=O)O)C1CC(NCc2csc(-c3ccccn3)n2)C1. The van der Waals surface area contributed by atoms with Gasteiger partial charge >= 0.3 is 5.97 Å². The number of rotatable bonds is 8. The third-order valence-electron chi connectivity index (χ3n) is 4.38. The summed E-state index contributed by atoms with van der Waals surface area (Å²) in [6, 6.07) is 6.65. The topological polar surface area (TPSA) is 78.4 Å². The van der Waals surface area contributed by atoms with Gasteiger partial charge in [0.05, 0.1) is 17.9 Å². The Labute approximate surface area is 145 Å². The number of aliphatic carboxylic acids is 1. The second kappa shape index (κ2) is 7.83. The molecule has 128 valence electrons. The molecule has 0 bridgehead atoms. The highest BCUT2D eigenvalue weighted by molar-refractivity contribution is 7.13. The molecule has 2 heterocycles. The number of likely N-dealkylation sites (N-methyl/N-ethyl adjacent to an activating group) is 1. The highest BCUT2D eigenvalue weighted by atomic mass is 32.1. The molecule has 0 saturated heterocycles.